The van der Waals surface area contributed by atoms with Crippen LogP contribution >= 0.6 is 25.3 Å². The van der Waals surface area contributed by atoms with Crippen LogP contribution in [-0.2, 0) is 0 Å². The van der Waals surface area contributed by atoms with Gasteiger partial charge in [0.05, 0.1) is 0 Å². The van der Waals surface area contributed by atoms with Gasteiger partial charge in [-0.25, -0.2) is 14.9 Å². The largest absolute Gasteiger partial charge is 0.246 e. The van der Waals surface area contributed by atoms with E-state index in [2.05, 4.69) is 35.2 Å². The highest BCUT2D eigenvalue weighted by Crippen LogP contribution is 2.27. The predicted molar refractivity (Wildman–Crippen MR) is 114 cm³/mol. The molecular weight excluding hydrogens is 374 g/mol. The Kier molecular flexibility index (Phi) is 3.84. The van der Waals surface area contributed by atoms with Crippen molar-refractivity contribution >= 4 is 48.7 Å². The van der Waals surface area contributed by atoms with Crippen LogP contribution in [-0.4, -0.2) is 28.4 Å². The van der Waals surface area contributed by atoms with Gasteiger partial charge in [-0.1, -0.05) is 42.5 Å². The molecule has 7 heteroatoms. The van der Waals surface area contributed by atoms with Crippen LogP contribution in [0.3, 0.4) is 0 Å². The molecule has 0 amide bonds. The summed E-state index contributed by atoms with van der Waals surface area (Å²) in [6.07, 6.45) is 5.76. The molecule has 0 unspecified atom stereocenters. The monoisotopic (exact) mass is 387 g/mol. The molecule has 0 bridgehead atoms. The van der Waals surface area contributed by atoms with E-state index in [9.17, 15) is 0 Å². The zero-order chi connectivity index (χ0) is 18.4. The van der Waals surface area contributed by atoms with E-state index >= 15 is 0 Å². The summed E-state index contributed by atoms with van der Waals surface area (Å²) in [6.45, 7) is 0. The molecule has 3 heterocycles. The van der Waals surface area contributed by atoms with Crippen LogP contribution < -0.4 is 0 Å². The lowest BCUT2D eigenvalue weighted by Gasteiger charge is -2.31. The van der Waals surface area contributed by atoms with E-state index in [0.717, 1.165) is 32.6 Å². The van der Waals surface area contributed by atoms with Gasteiger partial charge in [0.15, 0.2) is 11.7 Å². The molecule has 0 saturated carbocycles. The molecule has 0 atom stereocenters. The Morgan fingerprint density at radius 2 is 1.33 bits per heavy atom. The van der Waals surface area contributed by atoms with Crippen molar-refractivity contribution in [2.24, 2.45) is 20.0 Å². The molecule has 0 fully saturated rings. The number of allylic oxidation sites excluding steroid dienone is 2. The highest BCUT2D eigenvalue weighted by atomic mass is 32.1. The van der Waals surface area contributed by atoms with Crippen LogP contribution in [0.4, 0.5) is 0 Å². The van der Waals surface area contributed by atoms with Crippen LogP contribution in [0.1, 0.15) is 11.1 Å². The lowest BCUT2D eigenvalue weighted by Crippen LogP contribution is -2.41. The molecule has 0 aliphatic carbocycles. The fourth-order valence-electron chi connectivity index (χ4n) is 3.01. The topological polar surface area (TPSA) is 52.7 Å². The Morgan fingerprint density at radius 3 is 2.00 bits per heavy atom. The van der Waals surface area contributed by atoms with Gasteiger partial charge < -0.3 is 0 Å². The number of hydrogen-bond donors (Lipinski definition) is 2. The van der Waals surface area contributed by atoms with Gasteiger partial charge in [-0.2, -0.15) is 9.98 Å². The zero-order valence-corrected chi connectivity index (χ0v) is 15.8. The second kappa shape index (κ2) is 6.37. The van der Waals surface area contributed by atoms with Crippen molar-refractivity contribution in [3.8, 4) is 0 Å². The number of guanidine groups is 1. The summed E-state index contributed by atoms with van der Waals surface area (Å²) in [4.78, 5) is 22.2. The van der Waals surface area contributed by atoms with Crippen LogP contribution in [0, 0.1) is 0 Å². The second-order valence-electron chi connectivity index (χ2n) is 6.01. The van der Waals surface area contributed by atoms with Gasteiger partial charge in [0.25, 0.3) is 0 Å². The molecule has 0 saturated heterocycles. The fraction of sp³-hybridized carbons (Fsp3) is 0. The Morgan fingerprint density at radius 1 is 0.704 bits per heavy atom. The minimum atomic E-state index is 0.531. The standard InChI is InChI=1S/C20H13N5S2/c26-14-8-3-1-6-12(14)18-21-16-10-5-11-17-22-19(24-20(23-18)25(16)17)13-7-2-4-9-15(13)27/h1-11,26-27H. The lowest BCUT2D eigenvalue weighted by atomic mass is 10.1. The molecule has 27 heavy (non-hydrogen) atoms. The first kappa shape index (κ1) is 16.3. The third-order valence-electron chi connectivity index (χ3n) is 4.29. The summed E-state index contributed by atoms with van der Waals surface area (Å²) in [6, 6.07) is 15.5. The molecular formula is C20H13N5S2. The molecule has 0 spiro atoms. The molecule has 2 aromatic carbocycles. The molecule has 3 aliphatic rings. The number of nitrogens with zero attached hydrogens (tertiary/aromatic N) is 5. The van der Waals surface area contributed by atoms with Crippen LogP contribution in [0.5, 0.6) is 0 Å². The molecule has 0 N–H and O–H groups in total. The van der Waals surface area contributed by atoms with Gasteiger partial charge in [0.1, 0.15) is 11.7 Å². The summed E-state index contributed by atoms with van der Waals surface area (Å²) in [5.41, 5.74) is 1.72. The van der Waals surface area contributed by atoms with Gasteiger partial charge in [0, 0.05) is 20.9 Å². The van der Waals surface area contributed by atoms with Crippen molar-refractivity contribution in [2.75, 3.05) is 0 Å². The van der Waals surface area contributed by atoms with Crippen LogP contribution in [0.15, 0.2) is 102 Å². The number of hydrogen-bond acceptors (Lipinski definition) is 7. The van der Waals surface area contributed by atoms with Crippen molar-refractivity contribution in [2.45, 2.75) is 9.79 Å². The molecule has 130 valence electrons. The van der Waals surface area contributed by atoms with E-state index in [0.29, 0.717) is 17.6 Å². The van der Waals surface area contributed by atoms with E-state index in [1.807, 2.05) is 71.7 Å². The molecule has 5 rings (SSSR count). The molecule has 0 aromatic heterocycles. The first-order chi connectivity index (χ1) is 13.2. The van der Waals surface area contributed by atoms with E-state index < -0.39 is 0 Å². The average Bonchev–Trinajstić information content (AvgIpc) is 2.68. The molecule has 3 aliphatic heterocycles. The van der Waals surface area contributed by atoms with Gasteiger partial charge in [-0.3, -0.25) is 0 Å². The average molecular weight is 387 g/mol. The Labute approximate surface area is 167 Å². The zero-order valence-electron chi connectivity index (χ0n) is 14.0. The van der Waals surface area contributed by atoms with Crippen molar-refractivity contribution in [3.63, 3.8) is 0 Å². The molecule has 5 nitrogen and oxygen atoms in total. The highest BCUT2D eigenvalue weighted by molar-refractivity contribution is 7.80. The van der Waals surface area contributed by atoms with Crippen molar-refractivity contribution < 1.29 is 0 Å². The quantitative estimate of drug-likeness (QED) is 0.753. The minimum absolute atomic E-state index is 0.531. The van der Waals surface area contributed by atoms with E-state index in [1.165, 1.54) is 0 Å². The Hall–Kier alpha value is -2.90. The third kappa shape index (κ3) is 2.75. The SMILES string of the molecule is Sc1ccccc1C1=NC2=CC=CC3=NC(c4ccccc4S)=NC(=N1)N23. The summed E-state index contributed by atoms with van der Waals surface area (Å²) in [5, 5.41) is 0. The maximum Gasteiger partial charge on any atom is 0.241 e. The van der Waals surface area contributed by atoms with Crippen LogP contribution in [0.25, 0.3) is 0 Å². The summed E-state index contributed by atoms with van der Waals surface area (Å²) in [7, 11) is 0. The maximum absolute atomic E-state index is 4.70. The normalized spacial score (nSPS) is 17.4. The Balaban J connectivity index is 1.68. The van der Waals surface area contributed by atoms with E-state index in [4.69, 9.17) is 9.98 Å². The fourth-order valence-corrected chi connectivity index (χ4v) is 3.54. The first-order valence-electron chi connectivity index (χ1n) is 8.31. The molecule has 0 radical (unpaired) electrons. The number of aliphatic imine (C=N–C) groups is 4. The minimum Gasteiger partial charge on any atom is -0.246 e. The smallest absolute Gasteiger partial charge is 0.241 e. The van der Waals surface area contributed by atoms with Crippen molar-refractivity contribution in [1.29, 1.82) is 0 Å². The van der Waals surface area contributed by atoms with Gasteiger partial charge in [-0.05, 0) is 24.3 Å². The summed E-state index contributed by atoms with van der Waals surface area (Å²) in [5.74, 6) is 3.15. The van der Waals surface area contributed by atoms with Gasteiger partial charge >= 0.3 is 0 Å². The van der Waals surface area contributed by atoms with E-state index in [-0.39, 0.29) is 0 Å². The Bertz CT molecular complexity index is 1110. The highest BCUT2D eigenvalue weighted by Gasteiger charge is 2.31. The van der Waals surface area contributed by atoms with Gasteiger partial charge in [-0.15, -0.1) is 25.3 Å². The van der Waals surface area contributed by atoms with Crippen molar-refractivity contribution in [1.82, 2.24) is 4.90 Å². The first-order valence-corrected chi connectivity index (χ1v) is 9.20. The summed E-state index contributed by atoms with van der Waals surface area (Å²) >= 11 is 9.08. The summed E-state index contributed by atoms with van der Waals surface area (Å²) < 4.78 is 0. The number of rotatable bonds is 2. The van der Waals surface area contributed by atoms with E-state index in [1.54, 1.807) is 0 Å². The maximum atomic E-state index is 4.70. The lowest BCUT2D eigenvalue weighted by molar-refractivity contribution is 0.710. The molecule has 2 aromatic rings. The van der Waals surface area contributed by atoms with Crippen LogP contribution in [0.2, 0.25) is 0 Å². The number of benzene rings is 2. The van der Waals surface area contributed by atoms with Gasteiger partial charge in [0.2, 0.25) is 5.96 Å². The van der Waals surface area contributed by atoms with Crippen molar-refractivity contribution in [3.05, 3.63) is 83.7 Å². The number of thiol groups is 2. The second-order valence-corrected chi connectivity index (χ2v) is 6.97. The predicted octanol–water partition coefficient (Wildman–Crippen LogP) is 3.95. The number of amidine groups is 3. The third-order valence-corrected chi connectivity index (χ3v) is 5.07.